The lowest BCUT2D eigenvalue weighted by Gasteiger charge is -2.03. The van der Waals surface area contributed by atoms with E-state index in [0.29, 0.717) is 0 Å². The van der Waals surface area contributed by atoms with E-state index < -0.39 is 31.8 Å². The number of rotatable bonds is 1. The monoisotopic (exact) mass is 360 g/mol. The van der Waals surface area contributed by atoms with Crippen LogP contribution in [0.5, 0.6) is 0 Å². The Balaban J connectivity index is 0. The maximum atomic E-state index is 10.4. The lowest BCUT2D eigenvalue weighted by Crippen LogP contribution is -2.17. The van der Waals surface area contributed by atoms with Crippen LogP contribution in [-0.2, 0) is 28.0 Å². The molecule has 0 spiro atoms. The summed E-state index contributed by atoms with van der Waals surface area (Å²) in [6, 6.07) is 0. The third-order valence-electron chi connectivity index (χ3n) is 1.90. The summed E-state index contributed by atoms with van der Waals surface area (Å²) in [6.07, 6.45) is -1.89. The summed E-state index contributed by atoms with van der Waals surface area (Å²) in [4.78, 5) is 0. The quantitative estimate of drug-likeness (QED) is 0.666. The summed E-state index contributed by atoms with van der Waals surface area (Å²) in [5.41, 5.74) is 0. The van der Waals surface area contributed by atoms with Crippen LogP contribution in [0.4, 0.5) is 0 Å². The van der Waals surface area contributed by atoms with Gasteiger partial charge < -0.3 is 10.2 Å². The summed E-state index contributed by atoms with van der Waals surface area (Å²) in [6.45, 7) is 6.39. The Morgan fingerprint density at radius 2 is 1.26 bits per heavy atom. The van der Waals surface area contributed by atoms with Gasteiger partial charge >= 0.3 is 10.4 Å². The third kappa shape index (κ3) is 14.7. The number of aliphatic hydroxyl groups is 2. The number of aliphatic hydroxyl groups excluding tert-OH is 2. The molecule has 0 saturated carbocycles. The first-order valence-electron chi connectivity index (χ1n) is 5.11. The molecule has 19 heavy (non-hydrogen) atoms. The molecule has 11 heteroatoms. The van der Waals surface area contributed by atoms with Crippen LogP contribution in [0.25, 0.3) is 0 Å². The highest BCUT2D eigenvalue weighted by Gasteiger charge is 2.33. The predicted molar refractivity (Wildman–Crippen MR) is 73.2 cm³/mol. The van der Waals surface area contributed by atoms with Crippen molar-refractivity contribution in [2.45, 2.75) is 52.1 Å². The van der Waals surface area contributed by atoms with Gasteiger partial charge in [-0.2, -0.15) is 8.42 Å². The second kappa shape index (κ2) is 10.3. The predicted octanol–water partition coefficient (Wildman–Crippen LogP) is 0.846. The second-order valence-electron chi connectivity index (χ2n) is 3.68. The number of hydrogen-bond acceptors (Lipinski definition) is 7. The van der Waals surface area contributed by atoms with Crippen LogP contribution in [0.15, 0.2) is 0 Å². The van der Waals surface area contributed by atoms with Gasteiger partial charge in [-0.3, -0.25) is 0 Å². The molecular formula is C8H18Cl2O7S2. The van der Waals surface area contributed by atoms with Crippen molar-refractivity contribution in [2.24, 2.45) is 0 Å². The average molecular weight is 361 g/mol. The molecule has 1 rings (SSSR count). The molecule has 1 aliphatic heterocycles. The summed E-state index contributed by atoms with van der Waals surface area (Å²) in [7, 11) is 3.71. The normalized spacial score (nSPS) is 27.6. The van der Waals surface area contributed by atoms with E-state index in [1.165, 1.54) is 0 Å². The van der Waals surface area contributed by atoms with E-state index in [0.717, 1.165) is 0 Å². The Morgan fingerprint density at radius 3 is 1.32 bits per heavy atom. The molecule has 2 N–H and O–H groups in total. The fourth-order valence-corrected chi connectivity index (χ4v) is 1.65. The highest BCUT2D eigenvalue weighted by Crippen LogP contribution is 2.18. The van der Waals surface area contributed by atoms with Crippen molar-refractivity contribution < 1.29 is 31.2 Å². The molecule has 0 bridgehead atoms. The fraction of sp³-hybridized carbons (Fsp3) is 1.00. The van der Waals surface area contributed by atoms with Gasteiger partial charge in [0.2, 0.25) is 9.23 Å². The van der Waals surface area contributed by atoms with Gasteiger partial charge in [-0.05, 0) is 27.7 Å². The molecule has 118 valence electrons. The zero-order chi connectivity index (χ0) is 15.8. The van der Waals surface area contributed by atoms with E-state index in [1.54, 1.807) is 27.7 Å². The number of halogens is 2. The SMILES string of the molecule is C[C@@H]1OS(=O)(=O)O[C@@H]1C.C[C@H](O)[C@@H](C)O.O=S(Cl)Cl. The molecule has 7 nitrogen and oxygen atoms in total. The topological polar surface area (TPSA) is 110 Å². The van der Waals surface area contributed by atoms with Crippen molar-refractivity contribution in [1.29, 1.82) is 0 Å². The Bertz CT molecular complexity index is 332. The van der Waals surface area contributed by atoms with Crippen molar-refractivity contribution >= 4 is 41.0 Å². The largest absolute Gasteiger partial charge is 0.400 e. The molecular weight excluding hydrogens is 343 g/mol. The van der Waals surface area contributed by atoms with E-state index in [1.807, 2.05) is 0 Å². The molecule has 0 amide bonds. The van der Waals surface area contributed by atoms with Gasteiger partial charge in [0.15, 0.2) is 0 Å². The van der Waals surface area contributed by atoms with Crippen LogP contribution in [0.3, 0.4) is 0 Å². The lowest BCUT2D eigenvalue weighted by molar-refractivity contribution is 0.0438. The van der Waals surface area contributed by atoms with Gasteiger partial charge in [-0.1, -0.05) is 0 Å². The van der Waals surface area contributed by atoms with Crippen LogP contribution < -0.4 is 0 Å². The van der Waals surface area contributed by atoms with Gasteiger partial charge in [-0.15, -0.1) is 0 Å². The van der Waals surface area contributed by atoms with E-state index in [-0.39, 0.29) is 12.2 Å². The van der Waals surface area contributed by atoms with Gasteiger partial charge in [0.25, 0.3) is 0 Å². The van der Waals surface area contributed by atoms with Gasteiger partial charge in [0.1, 0.15) is 12.2 Å². The molecule has 0 radical (unpaired) electrons. The van der Waals surface area contributed by atoms with Crippen LogP contribution in [0.1, 0.15) is 27.7 Å². The van der Waals surface area contributed by atoms with Crippen LogP contribution in [-0.4, -0.2) is 47.3 Å². The van der Waals surface area contributed by atoms with E-state index in [4.69, 9.17) is 14.4 Å². The first-order valence-corrected chi connectivity index (χ1v) is 9.24. The van der Waals surface area contributed by atoms with Gasteiger partial charge in [0, 0.05) is 21.4 Å². The van der Waals surface area contributed by atoms with Crippen LogP contribution in [0, 0.1) is 0 Å². The standard InChI is InChI=1S/C4H8O4S.C4H10O2.Cl2OS/c1-3-4(2)8-9(5,6)7-3;1-3(5)4(2)6;1-4(2)3/h3-4H,1-2H3;3-6H,1-2H3;/t2*3-,4+;. The fourth-order valence-electron chi connectivity index (χ4n) is 0.551. The molecule has 1 heterocycles. The van der Waals surface area contributed by atoms with Crippen molar-refractivity contribution in [3.8, 4) is 0 Å². The lowest BCUT2D eigenvalue weighted by atomic mass is 10.3. The summed E-state index contributed by atoms with van der Waals surface area (Å²) < 4.78 is 38.7. The van der Waals surface area contributed by atoms with Crippen molar-refractivity contribution in [3.63, 3.8) is 0 Å². The first-order chi connectivity index (χ1) is 8.39. The van der Waals surface area contributed by atoms with Gasteiger partial charge in [0.05, 0.1) is 12.2 Å². The third-order valence-corrected chi connectivity index (χ3v) is 2.98. The minimum atomic E-state index is -3.64. The van der Waals surface area contributed by atoms with Gasteiger partial charge in [-0.25, -0.2) is 12.6 Å². The number of hydrogen-bond donors (Lipinski definition) is 2. The van der Waals surface area contributed by atoms with E-state index >= 15 is 0 Å². The maximum Gasteiger partial charge on any atom is 0.400 e. The van der Waals surface area contributed by atoms with Crippen molar-refractivity contribution in [1.82, 2.24) is 0 Å². The zero-order valence-corrected chi connectivity index (χ0v) is 14.0. The molecule has 0 aromatic rings. The van der Waals surface area contributed by atoms with Crippen LogP contribution >= 0.6 is 21.4 Å². The molecule has 1 saturated heterocycles. The molecule has 0 aromatic carbocycles. The molecule has 0 aliphatic carbocycles. The minimum absolute atomic E-state index is 0.352. The average Bonchev–Trinajstić information content (AvgIpc) is 2.37. The second-order valence-corrected chi connectivity index (χ2v) is 7.40. The summed E-state index contributed by atoms with van der Waals surface area (Å²) in [5.74, 6) is 0. The van der Waals surface area contributed by atoms with Crippen molar-refractivity contribution in [3.05, 3.63) is 0 Å². The Labute approximate surface area is 124 Å². The van der Waals surface area contributed by atoms with Crippen molar-refractivity contribution in [2.75, 3.05) is 0 Å². The highest BCUT2D eigenvalue weighted by molar-refractivity contribution is 8.26. The highest BCUT2D eigenvalue weighted by atomic mass is 36.0. The van der Waals surface area contributed by atoms with Crippen LogP contribution in [0.2, 0.25) is 0 Å². The molecule has 1 aliphatic rings. The Hall–Kier alpha value is 0.520. The molecule has 1 fully saturated rings. The van der Waals surface area contributed by atoms with E-state index in [9.17, 15) is 8.42 Å². The molecule has 4 atom stereocenters. The minimum Gasteiger partial charge on any atom is -0.391 e. The Morgan fingerprint density at radius 1 is 1.05 bits per heavy atom. The first kappa shape index (κ1) is 21.8. The molecule has 0 aromatic heterocycles. The van der Waals surface area contributed by atoms with E-state index in [2.05, 4.69) is 29.7 Å². The zero-order valence-electron chi connectivity index (χ0n) is 10.8. The Kier molecular flexibility index (Phi) is 11.8. The smallest absolute Gasteiger partial charge is 0.391 e. The molecule has 0 unspecified atom stereocenters. The maximum absolute atomic E-state index is 10.4. The summed E-state index contributed by atoms with van der Waals surface area (Å²) in [5, 5.41) is 16.8. The summed E-state index contributed by atoms with van der Waals surface area (Å²) >= 11 is 0.